The third-order valence-corrected chi connectivity index (χ3v) is 7.87. The van der Waals surface area contributed by atoms with Gasteiger partial charge >= 0.3 is 0 Å². The molecule has 0 radical (unpaired) electrons. The van der Waals surface area contributed by atoms with Crippen molar-refractivity contribution in [1.82, 2.24) is 9.80 Å². The molecule has 4 rings (SSSR count). The Morgan fingerprint density at radius 1 is 0.878 bits per heavy atom. The van der Waals surface area contributed by atoms with Crippen LogP contribution >= 0.6 is 23.2 Å². The summed E-state index contributed by atoms with van der Waals surface area (Å²) in [6.07, 6.45) is 0. The fraction of sp³-hybridized carbons (Fsp3) is 0.300. The number of carbonyl (C=O) groups excluding carboxylic acids is 3. The molecule has 0 aromatic heterocycles. The van der Waals surface area contributed by atoms with Gasteiger partial charge in [-0.2, -0.15) is 0 Å². The minimum Gasteiger partial charge on any atom is -0.379 e. The maximum atomic E-state index is 13.7. The average Bonchev–Trinajstić information content (AvgIpc) is 2.97. The van der Waals surface area contributed by atoms with Gasteiger partial charge in [0.15, 0.2) is 0 Å². The Bertz CT molecular complexity index is 1380. The minimum atomic E-state index is -0.573. The van der Waals surface area contributed by atoms with Gasteiger partial charge in [-0.3, -0.25) is 19.3 Å². The lowest BCUT2D eigenvalue weighted by Gasteiger charge is -2.36. The molecule has 41 heavy (non-hydrogen) atoms. The van der Waals surface area contributed by atoms with E-state index in [0.717, 1.165) is 29.8 Å². The highest BCUT2D eigenvalue weighted by Gasteiger charge is 2.27. The summed E-state index contributed by atoms with van der Waals surface area (Å²) in [5.41, 5.74) is 14.8. The molecule has 1 unspecified atom stereocenters. The number of anilines is 1. The number of hydrogen-bond acceptors (Lipinski definition) is 6. The Morgan fingerprint density at radius 3 is 2.05 bits per heavy atom. The highest BCUT2D eigenvalue weighted by atomic mass is 35.5. The van der Waals surface area contributed by atoms with Crippen LogP contribution in [0.2, 0.25) is 10.0 Å². The summed E-state index contributed by atoms with van der Waals surface area (Å²) in [5.74, 6) is -1.24. The Hall–Kier alpha value is -3.63. The molecular weight excluding hydrogens is 565 g/mol. The Labute approximate surface area is 249 Å². The topological polar surface area (TPSA) is 122 Å². The van der Waals surface area contributed by atoms with Crippen molar-refractivity contribution >= 4 is 46.6 Å². The van der Waals surface area contributed by atoms with Crippen molar-refractivity contribution in [3.8, 4) is 11.1 Å². The second kappa shape index (κ2) is 13.8. The molecule has 1 saturated heterocycles. The van der Waals surface area contributed by atoms with Gasteiger partial charge in [-0.1, -0.05) is 59.6 Å². The molecule has 3 amide bonds. The second-order valence-corrected chi connectivity index (χ2v) is 10.7. The first-order valence-corrected chi connectivity index (χ1v) is 13.9. The number of benzene rings is 3. The molecule has 0 saturated carbocycles. The zero-order valence-electron chi connectivity index (χ0n) is 22.8. The van der Waals surface area contributed by atoms with Crippen molar-refractivity contribution in [3.05, 3.63) is 87.9 Å². The largest absolute Gasteiger partial charge is 0.379 e. The highest BCUT2D eigenvalue weighted by molar-refractivity contribution is 6.42. The molecule has 216 valence electrons. The monoisotopic (exact) mass is 597 g/mol. The van der Waals surface area contributed by atoms with Crippen LogP contribution in [0.1, 0.15) is 22.0 Å². The Kier molecular flexibility index (Phi) is 10.2. The number of rotatable bonds is 11. The van der Waals surface area contributed by atoms with E-state index >= 15 is 0 Å². The van der Waals surface area contributed by atoms with Crippen LogP contribution in [0.25, 0.3) is 11.1 Å². The molecule has 0 spiro atoms. The van der Waals surface area contributed by atoms with Gasteiger partial charge in [0.1, 0.15) is 0 Å². The number of halogens is 2. The predicted molar refractivity (Wildman–Crippen MR) is 161 cm³/mol. The van der Waals surface area contributed by atoms with Gasteiger partial charge in [-0.25, -0.2) is 0 Å². The smallest absolute Gasteiger partial charge is 0.248 e. The first-order chi connectivity index (χ1) is 19.6. The molecule has 1 heterocycles. The molecule has 9 nitrogen and oxygen atoms in total. The average molecular weight is 599 g/mol. The maximum Gasteiger partial charge on any atom is 0.248 e. The van der Waals surface area contributed by atoms with E-state index in [-0.39, 0.29) is 25.0 Å². The van der Waals surface area contributed by atoms with Crippen LogP contribution in [-0.2, 0) is 14.3 Å². The number of hydrogen-bond donors (Lipinski definition) is 2. The van der Waals surface area contributed by atoms with Crippen molar-refractivity contribution in [2.75, 3.05) is 57.9 Å². The number of carbonyl (C=O) groups is 3. The molecule has 4 N–H and O–H groups in total. The van der Waals surface area contributed by atoms with Gasteiger partial charge in [0, 0.05) is 37.9 Å². The number of nitrogens with two attached hydrogens (primary N) is 2. The third kappa shape index (κ3) is 7.98. The van der Waals surface area contributed by atoms with Gasteiger partial charge < -0.3 is 26.0 Å². The van der Waals surface area contributed by atoms with Crippen LogP contribution in [0, 0.1) is 0 Å². The lowest BCUT2D eigenvalue weighted by Crippen LogP contribution is -2.47. The summed E-state index contributed by atoms with van der Waals surface area (Å²) in [7, 11) is 1.77. The Balaban J connectivity index is 1.58. The van der Waals surface area contributed by atoms with Crippen molar-refractivity contribution in [1.29, 1.82) is 0 Å². The number of primary amides is 2. The van der Waals surface area contributed by atoms with E-state index in [2.05, 4.69) is 4.90 Å². The SMILES string of the molecule is CN(C(=O)CN(CC(N)=O)c1ccc(Cl)c(Cl)c1)C(CN1CCOCC1)c1ccc(-c2ccc(C(N)=O)cc2)cc1. The van der Waals surface area contributed by atoms with Gasteiger partial charge in [0.05, 0.1) is 42.4 Å². The zero-order chi connectivity index (χ0) is 29.5. The number of morpholine rings is 1. The van der Waals surface area contributed by atoms with Crippen LogP contribution in [0.4, 0.5) is 5.69 Å². The fourth-order valence-electron chi connectivity index (χ4n) is 4.76. The summed E-state index contributed by atoms with van der Waals surface area (Å²) in [6.45, 7) is 3.17. The quantitative estimate of drug-likeness (QED) is 0.348. The van der Waals surface area contributed by atoms with E-state index in [9.17, 15) is 14.4 Å². The first-order valence-electron chi connectivity index (χ1n) is 13.2. The number of likely N-dealkylation sites (N-methyl/N-ethyl adjacent to an activating group) is 1. The molecule has 3 aromatic carbocycles. The zero-order valence-corrected chi connectivity index (χ0v) is 24.3. The van der Waals surface area contributed by atoms with E-state index in [0.29, 0.717) is 41.1 Å². The van der Waals surface area contributed by atoms with Crippen molar-refractivity contribution < 1.29 is 19.1 Å². The molecular formula is C30H33Cl2N5O4. The normalized spacial score (nSPS) is 14.3. The molecule has 0 bridgehead atoms. The number of amides is 3. The lowest BCUT2D eigenvalue weighted by molar-refractivity contribution is -0.131. The molecule has 1 aliphatic rings. The molecule has 1 fully saturated rings. The van der Waals surface area contributed by atoms with Crippen molar-refractivity contribution in [2.24, 2.45) is 11.5 Å². The van der Waals surface area contributed by atoms with E-state index < -0.39 is 11.8 Å². The number of nitrogens with zero attached hydrogens (tertiary/aromatic N) is 3. The first kappa shape index (κ1) is 30.3. The van der Waals surface area contributed by atoms with Crippen molar-refractivity contribution in [3.63, 3.8) is 0 Å². The maximum absolute atomic E-state index is 13.7. The minimum absolute atomic E-state index is 0.0820. The summed E-state index contributed by atoms with van der Waals surface area (Å²) in [5, 5.41) is 0.685. The predicted octanol–water partition coefficient (Wildman–Crippen LogP) is 3.58. The molecule has 11 heteroatoms. The van der Waals surface area contributed by atoms with Crippen LogP contribution in [0.5, 0.6) is 0 Å². The second-order valence-electron chi connectivity index (χ2n) is 9.92. The summed E-state index contributed by atoms with van der Waals surface area (Å²) >= 11 is 12.3. The Morgan fingerprint density at radius 2 is 1.49 bits per heavy atom. The van der Waals surface area contributed by atoms with Crippen LogP contribution in [0.3, 0.4) is 0 Å². The summed E-state index contributed by atoms with van der Waals surface area (Å²) < 4.78 is 5.52. The van der Waals surface area contributed by atoms with E-state index in [4.69, 9.17) is 39.4 Å². The molecule has 1 aliphatic heterocycles. The highest BCUT2D eigenvalue weighted by Crippen LogP contribution is 2.29. The summed E-state index contributed by atoms with van der Waals surface area (Å²) in [6, 6.07) is 19.8. The molecule has 0 aliphatic carbocycles. The van der Waals surface area contributed by atoms with Gasteiger partial charge in [-0.05, 0) is 47.0 Å². The van der Waals surface area contributed by atoms with E-state index in [1.165, 1.54) is 0 Å². The van der Waals surface area contributed by atoms with Gasteiger partial charge in [0.25, 0.3) is 0 Å². The van der Waals surface area contributed by atoms with E-state index in [1.807, 2.05) is 36.4 Å². The van der Waals surface area contributed by atoms with Crippen LogP contribution in [0.15, 0.2) is 66.7 Å². The summed E-state index contributed by atoms with van der Waals surface area (Å²) in [4.78, 5) is 42.5. The van der Waals surface area contributed by atoms with E-state index in [1.54, 1.807) is 47.2 Å². The lowest BCUT2D eigenvalue weighted by atomic mass is 9.98. The van der Waals surface area contributed by atoms with Gasteiger partial charge in [-0.15, -0.1) is 0 Å². The standard InChI is InChI=1S/C30H33Cl2N5O4/c1-35(29(39)19-37(18-28(33)38)24-10-11-25(31)26(32)16-24)27(17-36-12-14-41-15-13-36)22-6-2-20(3-7-22)21-4-8-23(9-5-21)30(34)40/h2-11,16,27H,12-15,17-19H2,1H3,(H2,33,38)(H2,34,40). The molecule has 3 aromatic rings. The van der Waals surface area contributed by atoms with Crippen LogP contribution in [-0.4, -0.2) is 80.5 Å². The third-order valence-electron chi connectivity index (χ3n) is 7.14. The number of ether oxygens (including phenoxy) is 1. The molecule has 1 atom stereocenters. The van der Waals surface area contributed by atoms with Crippen molar-refractivity contribution in [2.45, 2.75) is 6.04 Å². The van der Waals surface area contributed by atoms with Crippen LogP contribution < -0.4 is 16.4 Å². The fourth-order valence-corrected chi connectivity index (χ4v) is 5.05. The van der Waals surface area contributed by atoms with Gasteiger partial charge in [0.2, 0.25) is 17.7 Å².